The quantitative estimate of drug-likeness (QED) is 0.506. The fourth-order valence-electron chi connectivity index (χ4n) is 2.37. The molecule has 0 saturated carbocycles. The van der Waals surface area contributed by atoms with Crippen LogP contribution in [0.5, 0.6) is 0 Å². The number of rotatable bonds is 7. The molecule has 0 fully saturated rings. The van der Waals surface area contributed by atoms with Crippen molar-refractivity contribution in [2.75, 3.05) is 23.0 Å². The van der Waals surface area contributed by atoms with Crippen molar-refractivity contribution in [3.8, 4) is 5.69 Å². The predicted molar refractivity (Wildman–Crippen MR) is 98.1 cm³/mol. The summed E-state index contributed by atoms with van der Waals surface area (Å²) in [6.07, 6.45) is -0.148. The Morgan fingerprint density at radius 2 is 2.22 bits per heavy atom. The molecule has 6 nitrogen and oxygen atoms in total. The van der Waals surface area contributed by atoms with Gasteiger partial charge in [0.25, 0.3) is 0 Å². The van der Waals surface area contributed by atoms with Crippen molar-refractivity contribution in [2.24, 2.45) is 5.92 Å². The molecule has 0 aliphatic rings. The number of carbonyl (C=O) groups is 1. The fraction of sp³-hybridized carbons (Fsp3) is 0.438. The van der Waals surface area contributed by atoms with Gasteiger partial charge in [0.15, 0.2) is 11.3 Å². The van der Waals surface area contributed by atoms with Crippen LogP contribution in [0.25, 0.3) is 5.69 Å². The highest BCUT2D eigenvalue weighted by molar-refractivity contribution is 7.99. The van der Waals surface area contributed by atoms with Gasteiger partial charge in [0.05, 0.1) is 11.9 Å². The zero-order chi connectivity index (χ0) is 20.2. The highest BCUT2D eigenvalue weighted by Gasteiger charge is 2.29. The summed E-state index contributed by atoms with van der Waals surface area (Å²) >= 11 is 6.82. The van der Waals surface area contributed by atoms with Crippen molar-refractivity contribution in [1.29, 1.82) is 0 Å². The molecular formula is C16H18ClF3N4O2S. The Hall–Kier alpha value is -1.94. The lowest BCUT2D eigenvalue weighted by molar-refractivity contribution is -0.605. The average Bonchev–Trinajstić information content (AvgIpc) is 2.96. The largest absolute Gasteiger partial charge is 0.619 e. The molecule has 2 aromatic rings. The number of carbonyl (C=O) groups excluding carboxylic acids is 1. The van der Waals surface area contributed by atoms with Crippen LogP contribution in [0.4, 0.5) is 18.9 Å². The second-order valence-electron chi connectivity index (χ2n) is 5.79. The standard InChI is InChI=1S/C16H18ClF3N4O2S/c1-3-23(15(25)11(2)9-27-10-16(18,19)20)13-8-24(21-14(13)17)12-5-4-6-22(26)7-12/h4-8,11H,3,9-10H2,1-2H3. The molecule has 0 radical (unpaired) electrons. The Labute approximate surface area is 163 Å². The molecule has 2 rings (SSSR count). The van der Waals surface area contributed by atoms with Gasteiger partial charge in [-0.3, -0.25) is 4.79 Å². The average molecular weight is 423 g/mol. The van der Waals surface area contributed by atoms with Crippen LogP contribution in [-0.2, 0) is 4.79 Å². The van der Waals surface area contributed by atoms with E-state index in [1.807, 2.05) is 0 Å². The number of aromatic nitrogens is 3. The van der Waals surface area contributed by atoms with Crippen molar-refractivity contribution in [3.63, 3.8) is 0 Å². The number of nitrogens with zero attached hydrogens (tertiary/aromatic N) is 4. The van der Waals surface area contributed by atoms with E-state index in [0.29, 0.717) is 27.9 Å². The van der Waals surface area contributed by atoms with Crippen LogP contribution in [0.15, 0.2) is 30.7 Å². The number of pyridine rings is 1. The second kappa shape index (κ2) is 8.83. The monoisotopic (exact) mass is 422 g/mol. The van der Waals surface area contributed by atoms with Crippen molar-refractivity contribution >= 4 is 35.0 Å². The van der Waals surface area contributed by atoms with Crippen LogP contribution in [0.1, 0.15) is 13.8 Å². The van der Waals surface area contributed by atoms with E-state index in [1.165, 1.54) is 28.2 Å². The molecule has 0 N–H and O–H groups in total. The van der Waals surface area contributed by atoms with E-state index in [9.17, 15) is 23.2 Å². The minimum Gasteiger partial charge on any atom is -0.619 e. The Balaban J connectivity index is 2.15. The van der Waals surface area contributed by atoms with Crippen LogP contribution in [-0.4, -0.2) is 39.9 Å². The summed E-state index contributed by atoms with van der Waals surface area (Å²) < 4.78 is 38.8. The van der Waals surface area contributed by atoms with E-state index in [1.54, 1.807) is 26.0 Å². The third-order valence-electron chi connectivity index (χ3n) is 3.60. The Morgan fingerprint density at radius 1 is 1.52 bits per heavy atom. The first kappa shape index (κ1) is 21.4. The third kappa shape index (κ3) is 5.77. The number of amides is 1. The van der Waals surface area contributed by atoms with Crippen LogP contribution in [0, 0.1) is 11.1 Å². The molecule has 0 aromatic carbocycles. The summed E-state index contributed by atoms with van der Waals surface area (Å²) in [5, 5.41) is 15.6. The van der Waals surface area contributed by atoms with Crippen LogP contribution < -0.4 is 9.63 Å². The number of thioether (sulfide) groups is 1. The maximum Gasteiger partial charge on any atom is 0.397 e. The summed E-state index contributed by atoms with van der Waals surface area (Å²) in [5.41, 5.74) is 0.788. The van der Waals surface area contributed by atoms with Gasteiger partial charge in [-0.15, -0.1) is 0 Å². The molecule has 11 heteroatoms. The van der Waals surface area contributed by atoms with Gasteiger partial charge in [-0.1, -0.05) is 18.5 Å². The molecule has 1 atom stereocenters. The topological polar surface area (TPSA) is 65.1 Å². The van der Waals surface area contributed by atoms with Gasteiger partial charge in [-0.05, 0) is 13.0 Å². The summed E-state index contributed by atoms with van der Waals surface area (Å²) in [6.45, 7) is 3.58. The zero-order valence-corrected chi connectivity index (χ0v) is 16.2. The van der Waals surface area contributed by atoms with Gasteiger partial charge in [0.1, 0.15) is 11.4 Å². The maximum absolute atomic E-state index is 12.7. The normalized spacial score (nSPS) is 12.8. The summed E-state index contributed by atoms with van der Waals surface area (Å²) in [7, 11) is 0. The third-order valence-corrected chi connectivity index (χ3v) is 5.14. The lowest BCUT2D eigenvalue weighted by Crippen LogP contribution is -2.36. The number of alkyl halides is 3. The number of hydrogen-bond acceptors (Lipinski definition) is 4. The molecule has 0 bridgehead atoms. The Bertz CT molecular complexity index is 800. The van der Waals surface area contributed by atoms with E-state index >= 15 is 0 Å². The summed E-state index contributed by atoms with van der Waals surface area (Å²) in [6, 6.07) is 3.19. The molecule has 1 unspecified atom stereocenters. The molecule has 0 aliphatic heterocycles. The minimum atomic E-state index is -4.27. The van der Waals surface area contributed by atoms with Crippen molar-refractivity contribution < 1.29 is 22.7 Å². The van der Waals surface area contributed by atoms with Crippen molar-refractivity contribution in [2.45, 2.75) is 20.0 Å². The van der Waals surface area contributed by atoms with Gasteiger partial charge >= 0.3 is 6.18 Å². The molecule has 148 valence electrons. The second-order valence-corrected chi connectivity index (χ2v) is 7.17. The lowest BCUT2D eigenvalue weighted by atomic mass is 10.2. The number of anilines is 1. The van der Waals surface area contributed by atoms with Gasteiger partial charge in [0, 0.05) is 24.3 Å². The van der Waals surface area contributed by atoms with Crippen molar-refractivity contribution in [1.82, 2.24) is 9.78 Å². The first-order chi connectivity index (χ1) is 12.6. The molecule has 2 aromatic heterocycles. The first-order valence-electron chi connectivity index (χ1n) is 8.02. The number of hydrogen-bond donors (Lipinski definition) is 0. The van der Waals surface area contributed by atoms with E-state index in [4.69, 9.17) is 11.6 Å². The molecule has 0 saturated heterocycles. The van der Waals surface area contributed by atoms with E-state index in [-0.39, 0.29) is 23.4 Å². The molecule has 0 spiro atoms. The lowest BCUT2D eigenvalue weighted by Gasteiger charge is -2.23. The fourth-order valence-corrected chi connectivity index (χ4v) is 3.45. The predicted octanol–water partition coefficient (Wildman–Crippen LogP) is 3.44. The maximum atomic E-state index is 12.7. The van der Waals surface area contributed by atoms with E-state index in [2.05, 4.69) is 5.10 Å². The molecule has 2 heterocycles. The molecule has 1 amide bonds. The molecule has 0 aliphatic carbocycles. The SMILES string of the molecule is CCN(C(=O)C(C)CSCC(F)(F)F)c1cn(-c2ccc[n+]([O-])c2)nc1Cl. The van der Waals surface area contributed by atoms with Crippen LogP contribution >= 0.6 is 23.4 Å². The van der Waals surface area contributed by atoms with Gasteiger partial charge in [0.2, 0.25) is 12.1 Å². The molecular weight excluding hydrogens is 405 g/mol. The van der Waals surface area contributed by atoms with Crippen LogP contribution in [0.2, 0.25) is 5.15 Å². The summed E-state index contributed by atoms with van der Waals surface area (Å²) in [4.78, 5) is 14.0. The molecule has 27 heavy (non-hydrogen) atoms. The van der Waals surface area contributed by atoms with E-state index in [0.717, 1.165) is 0 Å². The smallest absolute Gasteiger partial charge is 0.397 e. The van der Waals surface area contributed by atoms with Gasteiger partial charge < -0.3 is 10.1 Å². The zero-order valence-electron chi connectivity index (χ0n) is 14.6. The summed E-state index contributed by atoms with van der Waals surface area (Å²) in [5.74, 6) is -1.94. The van der Waals surface area contributed by atoms with E-state index < -0.39 is 17.8 Å². The Morgan fingerprint density at radius 3 is 2.81 bits per heavy atom. The minimum absolute atomic E-state index is 0.0372. The van der Waals surface area contributed by atoms with Gasteiger partial charge in [-0.25, -0.2) is 4.68 Å². The first-order valence-corrected chi connectivity index (χ1v) is 9.56. The van der Waals surface area contributed by atoms with Gasteiger partial charge in [-0.2, -0.15) is 34.8 Å². The van der Waals surface area contributed by atoms with Crippen molar-refractivity contribution in [3.05, 3.63) is 41.1 Å². The highest BCUT2D eigenvalue weighted by atomic mass is 35.5. The Kier molecular flexibility index (Phi) is 6.99. The van der Waals surface area contributed by atoms with Crippen LogP contribution in [0.3, 0.4) is 0 Å². The highest BCUT2D eigenvalue weighted by Crippen LogP contribution is 2.28. The number of halogens is 4.